The molecule has 116 valence electrons. The molecule has 24 heavy (non-hydrogen) atoms. The molecule has 0 saturated carbocycles. The highest BCUT2D eigenvalue weighted by Gasteiger charge is 2.45. The molecule has 1 fully saturated rings. The molecule has 1 N–H and O–H groups in total. The smallest absolute Gasteiger partial charge is 0.244 e. The van der Waals surface area contributed by atoms with Crippen molar-refractivity contribution in [1.29, 1.82) is 10.5 Å². The first-order valence-corrected chi connectivity index (χ1v) is 7.45. The van der Waals surface area contributed by atoms with Crippen LogP contribution in [0, 0.1) is 34.5 Å². The Morgan fingerprint density at radius 1 is 0.750 bits per heavy atom. The van der Waals surface area contributed by atoms with Gasteiger partial charge in [-0.2, -0.15) is 10.5 Å². The Kier molecular flexibility index (Phi) is 4.09. The van der Waals surface area contributed by atoms with E-state index in [2.05, 4.69) is 5.32 Å². The van der Waals surface area contributed by atoms with Gasteiger partial charge in [0.1, 0.15) is 11.8 Å². The number of carbonyl (C=O) groups excluding carboxylic acids is 2. The summed E-state index contributed by atoms with van der Waals surface area (Å²) >= 11 is 0. The fraction of sp³-hybridized carbons (Fsp3) is 0.158. The number of amides is 2. The predicted molar refractivity (Wildman–Crippen MR) is 86.0 cm³/mol. The maximum Gasteiger partial charge on any atom is 0.244 e. The molecule has 2 atom stereocenters. The normalized spacial score (nSPS) is 23.0. The van der Waals surface area contributed by atoms with E-state index in [0.29, 0.717) is 5.56 Å². The molecule has 0 radical (unpaired) electrons. The molecule has 3 rings (SSSR count). The summed E-state index contributed by atoms with van der Waals surface area (Å²) in [4.78, 5) is 23.8. The van der Waals surface area contributed by atoms with Crippen molar-refractivity contribution >= 4 is 11.8 Å². The topological polar surface area (TPSA) is 93.8 Å². The summed E-state index contributed by atoms with van der Waals surface area (Å²) in [5.74, 6) is -4.17. The molecule has 5 nitrogen and oxygen atoms in total. The lowest BCUT2D eigenvalue weighted by Gasteiger charge is -2.29. The standard InChI is InChI=1S/C19H13N3O2/c20-10-15-17(16(11-21)19(24)22-18(15)23)14-8-6-13(7-9-14)12-4-2-1-3-5-12/h1-9,15-17H,(H,22,23,24). The predicted octanol–water partition coefficient (Wildman–Crippen LogP) is 2.37. The molecule has 2 amide bonds. The average Bonchev–Trinajstić information content (AvgIpc) is 2.62. The summed E-state index contributed by atoms with van der Waals surface area (Å²) in [6.45, 7) is 0. The molecule has 2 aromatic carbocycles. The first kappa shape index (κ1) is 15.5. The maximum absolute atomic E-state index is 11.9. The molecule has 2 aromatic rings. The van der Waals surface area contributed by atoms with Crippen LogP contribution in [0.15, 0.2) is 54.6 Å². The first-order valence-electron chi connectivity index (χ1n) is 7.45. The third kappa shape index (κ3) is 2.64. The van der Waals surface area contributed by atoms with Crippen LogP contribution in [0.3, 0.4) is 0 Å². The van der Waals surface area contributed by atoms with Crippen molar-refractivity contribution in [2.45, 2.75) is 5.92 Å². The minimum atomic E-state index is -1.06. The van der Waals surface area contributed by atoms with Gasteiger partial charge in [0, 0.05) is 5.92 Å². The van der Waals surface area contributed by atoms with Crippen molar-refractivity contribution < 1.29 is 9.59 Å². The Hall–Kier alpha value is -3.44. The Balaban J connectivity index is 1.99. The zero-order valence-electron chi connectivity index (χ0n) is 12.6. The van der Waals surface area contributed by atoms with Crippen LogP contribution < -0.4 is 5.32 Å². The van der Waals surface area contributed by atoms with Crippen molar-refractivity contribution in [1.82, 2.24) is 5.32 Å². The van der Waals surface area contributed by atoms with Gasteiger partial charge in [0.05, 0.1) is 12.1 Å². The summed E-state index contributed by atoms with van der Waals surface area (Å²) in [7, 11) is 0. The Morgan fingerprint density at radius 2 is 1.25 bits per heavy atom. The van der Waals surface area contributed by atoms with Crippen LogP contribution >= 0.6 is 0 Å². The number of piperidine rings is 1. The van der Waals surface area contributed by atoms with Crippen LogP contribution in [0.1, 0.15) is 11.5 Å². The lowest BCUT2D eigenvalue weighted by atomic mass is 9.74. The van der Waals surface area contributed by atoms with Gasteiger partial charge < -0.3 is 0 Å². The number of nitriles is 2. The number of hydrogen-bond acceptors (Lipinski definition) is 4. The Bertz CT molecular complexity index is 828. The fourth-order valence-electron chi connectivity index (χ4n) is 2.99. The van der Waals surface area contributed by atoms with Crippen molar-refractivity contribution in [3.8, 4) is 23.3 Å². The highest BCUT2D eigenvalue weighted by molar-refractivity contribution is 6.03. The second kappa shape index (κ2) is 6.36. The van der Waals surface area contributed by atoms with Crippen molar-refractivity contribution in [3.05, 3.63) is 60.2 Å². The number of nitrogens with zero attached hydrogens (tertiary/aromatic N) is 2. The summed E-state index contributed by atoms with van der Waals surface area (Å²) in [6.07, 6.45) is 0. The van der Waals surface area contributed by atoms with Gasteiger partial charge in [0.15, 0.2) is 0 Å². The SMILES string of the molecule is N#CC1C(=O)NC(=O)C(C#N)C1c1ccc(-c2ccccc2)cc1. The molecule has 1 saturated heterocycles. The number of hydrogen-bond donors (Lipinski definition) is 1. The fourth-order valence-corrected chi connectivity index (χ4v) is 2.99. The van der Waals surface area contributed by atoms with Crippen molar-refractivity contribution in [3.63, 3.8) is 0 Å². The van der Waals surface area contributed by atoms with Crippen LogP contribution in [-0.2, 0) is 9.59 Å². The van der Waals surface area contributed by atoms with Gasteiger partial charge in [0.2, 0.25) is 11.8 Å². The minimum absolute atomic E-state index is 0.635. The molecule has 1 aliphatic rings. The number of carbonyl (C=O) groups is 2. The van der Waals surface area contributed by atoms with E-state index in [1.807, 2.05) is 54.6 Å². The lowest BCUT2D eigenvalue weighted by molar-refractivity contribution is -0.137. The zero-order valence-corrected chi connectivity index (χ0v) is 12.6. The number of rotatable bonds is 2. The van der Waals surface area contributed by atoms with E-state index in [1.54, 1.807) is 12.1 Å². The van der Waals surface area contributed by atoms with Crippen LogP contribution in [0.4, 0.5) is 0 Å². The number of nitrogens with one attached hydrogen (secondary N) is 1. The molecule has 1 heterocycles. The van der Waals surface area contributed by atoms with E-state index in [9.17, 15) is 20.1 Å². The third-order valence-electron chi connectivity index (χ3n) is 4.21. The van der Waals surface area contributed by atoms with Gasteiger partial charge in [-0.05, 0) is 16.7 Å². The third-order valence-corrected chi connectivity index (χ3v) is 4.21. The van der Waals surface area contributed by atoms with E-state index in [1.165, 1.54) is 0 Å². The second-order valence-corrected chi connectivity index (χ2v) is 5.58. The number of imide groups is 1. The number of benzene rings is 2. The first-order chi connectivity index (χ1) is 11.7. The van der Waals surface area contributed by atoms with E-state index in [0.717, 1.165) is 11.1 Å². The average molecular weight is 315 g/mol. The van der Waals surface area contributed by atoms with Gasteiger partial charge in [-0.3, -0.25) is 14.9 Å². The molecule has 0 aliphatic carbocycles. The molecule has 5 heteroatoms. The van der Waals surface area contributed by atoms with Crippen LogP contribution in [0.2, 0.25) is 0 Å². The van der Waals surface area contributed by atoms with E-state index in [-0.39, 0.29) is 0 Å². The minimum Gasteiger partial charge on any atom is -0.294 e. The van der Waals surface area contributed by atoms with Crippen LogP contribution in [0.5, 0.6) is 0 Å². The van der Waals surface area contributed by atoms with E-state index in [4.69, 9.17) is 0 Å². The van der Waals surface area contributed by atoms with Gasteiger partial charge in [-0.25, -0.2) is 0 Å². The quantitative estimate of drug-likeness (QED) is 0.861. The highest BCUT2D eigenvalue weighted by Crippen LogP contribution is 2.36. The van der Waals surface area contributed by atoms with E-state index < -0.39 is 29.6 Å². The summed E-state index contributed by atoms with van der Waals surface area (Å²) in [5.41, 5.74) is 2.65. The molecular formula is C19H13N3O2. The van der Waals surface area contributed by atoms with Crippen molar-refractivity contribution in [2.24, 2.45) is 11.8 Å². The molecule has 0 spiro atoms. The van der Waals surface area contributed by atoms with Gasteiger partial charge in [0.25, 0.3) is 0 Å². The second-order valence-electron chi connectivity index (χ2n) is 5.58. The molecule has 0 aromatic heterocycles. The van der Waals surface area contributed by atoms with Gasteiger partial charge >= 0.3 is 0 Å². The summed E-state index contributed by atoms with van der Waals surface area (Å²) in [6, 6.07) is 20.9. The lowest BCUT2D eigenvalue weighted by Crippen LogP contribution is -2.49. The van der Waals surface area contributed by atoms with Gasteiger partial charge in [-0.15, -0.1) is 0 Å². The van der Waals surface area contributed by atoms with Gasteiger partial charge in [-0.1, -0.05) is 54.6 Å². The monoisotopic (exact) mass is 315 g/mol. The molecular weight excluding hydrogens is 302 g/mol. The molecule has 2 unspecified atom stereocenters. The van der Waals surface area contributed by atoms with Crippen molar-refractivity contribution in [2.75, 3.05) is 0 Å². The molecule has 0 bridgehead atoms. The summed E-state index contributed by atoms with van der Waals surface area (Å²) in [5, 5.41) is 20.7. The Morgan fingerprint density at radius 3 is 1.75 bits per heavy atom. The largest absolute Gasteiger partial charge is 0.294 e. The zero-order chi connectivity index (χ0) is 17.1. The highest BCUT2D eigenvalue weighted by atomic mass is 16.2. The molecule has 1 aliphatic heterocycles. The summed E-state index contributed by atoms with van der Waals surface area (Å²) < 4.78 is 0. The Labute approximate surface area is 139 Å². The van der Waals surface area contributed by atoms with E-state index >= 15 is 0 Å². The van der Waals surface area contributed by atoms with Crippen LogP contribution in [0.25, 0.3) is 11.1 Å². The maximum atomic E-state index is 11.9. The van der Waals surface area contributed by atoms with Crippen LogP contribution in [-0.4, -0.2) is 11.8 Å².